The zero-order valence-corrected chi connectivity index (χ0v) is 16.1. The summed E-state index contributed by atoms with van der Waals surface area (Å²) in [5.74, 6) is 3.25. The van der Waals surface area contributed by atoms with Gasteiger partial charge in [0.15, 0.2) is 17.5 Å². The van der Waals surface area contributed by atoms with Gasteiger partial charge in [-0.25, -0.2) is 4.99 Å². The Labute approximate surface area is 157 Å². The monoisotopic (exact) mass is 360 g/mol. The van der Waals surface area contributed by atoms with Gasteiger partial charge < -0.3 is 25.0 Å². The minimum atomic E-state index is 0.309. The molecule has 1 aromatic carbocycles. The summed E-state index contributed by atoms with van der Waals surface area (Å²) in [4.78, 5) is 7.30. The average molecular weight is 361 g/mol. The molecule has 0 atom stereocenters. The van der Waals surface area contributed by atoms with Crippen LogP contribution >= 0.6 is 0 Å². The quantitative estimate of drug-likeness (QED) is 0.578. The lowest BCUT2D eigenvalue weighted by molar-refractivity contribution is 0.174. The van der Waals surface area contributed by atoms with Gasteiger partial charge in [-0.3, -0.25) is 0 Å². The molecule has 0 amide bonds. The minimum absolute atomic E-state index is 0.309. The molecule has 6 heteroatoms. The van der Waals surface area contributed by atoms with Crippen LogP contribution in [-0.2, 0) is 6.54 Å². The van der Waals surface area contributed by atoms with E-state index in [2.05, 4.69) is 29.4 Å². The van der Waals surface area contributed by atoms with Crippen molar-refractivity contribution in [1.29, 1.82) is 0 Å². The molecular weight excluding hydrogens is 328 g/mol. The normalized spacial score (nSPS) is 18.2. The topological polar surface area (TPSA) is 58.1 Å². The fraction of sp³-hybridized carbons (Fsp3) is 0.650. The number of hydrogen-bond acceptors (Lipinski definition) is 4. The van der Waals surface area contributed by atoms with Gasteiger partial charge in [0.1, 0.15) is 0 Å². The fourth-order valence-electron chi connectivity index (χ4n) is 3.52. The van der Waals surface area contributed by atoms with Crippen LogP contribution in [0.2, 0.25) is 0 Å². The predicted octanol–water partition coefficient (Wildman–Crippen LogP) is 2.59. The third-order valence-electron chi connectivity index (χ3n) is 5.01. The molecule has 0 spiro atoms. The van der Waals surface area contributed by atoms with Crippen LogP contribution in [0.15, 0.2) is 23.2 Å². The largest absolute Gasteiger partial charge is 0.454 e. The summed E-state index contributed by atoms with van der Waals surface area (Å²) in [7, 11) is 0. The van der Waals surface area contributed by atoms with E-state index in [0.29, 0.717) is 13.3 Å². The average Bonchev–Trinajstić information content (AvgIpc) is 3.13. The lowest BCUT2D eigenvalue weighted by Crippen LogP contribution is -2.43. The summed E-state index contributed by atoms with van der Waals surface area (Å²) in [5.41, 5.74) is 1.12. The molecule has 26 heavy (non-hydrogen) atoms. The van der Waals surface area contributed by atoms with Crippen LogP contribution in [0.1, 0.15) is 38.7 Å². The number of rotatable bonds is 7. The Bertz CT molecular complexity index is 597. The second kappa shape index (κ2) is 9.67. The second-order valence-electron chi connectivity index (χ2n) is 7.05. The van der Waals surface area contributed by atoms with Crippen LogP contribution in [0.3, 0.4) is 0 Å². The second-order valence-corrected chi connectivity index (χ2v) is 7.05. The highest BCUT2D eigenvalue weighted by Gasteiger charge is 2.18. The number of piperidine rings is 1. The molecule has 2 aliphatic rings. The Morgan fingerprint density at radius 2 is 1.96 bits per heavy atom. The van der Waals surface area contributed by atoms with Gasteiger partial charge in [0, 0.05) is 13.1 Å². The Morgan fingerprint density at radius 3 is 2.73 bits per heavy atom. The van der Waals surface area contributed by atoms with Crippen molar-refractivity contribution in [1.82, 2.24) is 15.5 Å². The fourth-order valence-corrected chi connectivity index (χ4v) is 3.52. The number of likely N-dealkylation sites (tertiary alicyclic amines) is 1. The number of ether oxygens (including phenoxy) is 2. The van der Waals surface area contributed by atoms with Crippen LogP contribution in [0.5, 0.6) is 11.5 Å². The molecule has 6 nitrogen and oxygen atoms in total. The number of nitrogens with zero attached hydrogens (tertiary/aromatic N) is 2. The van der Waals surface area contributed by atoms with Crippen LogP contribution in [0.4, 0.5) is 0 Å². The summed E-state index contributed by atoms with van der Waals surface area (Å²) in [6.07, 6.45) is 3.79. The maximum absolute atomic E-state index is 5.44. The summed E-state index contributed by atoms with van der Waals surface area (Å²) < 4.78 is 10.8. The highest BCUT2D eigenvalue weighted by atomic mass is 16.7. The molecule has 0 aromatic heterocycles. The van der Waals surface area contributed by atoms with Gasteiger partial charge in [0.2, 0.25) is 6.79 Å². The number of hydrogen-bond donors (Lipinski definition) is 2. The lowest BCUT2D eigenvalue weighted by Gasteiger charge is -2.32. The van der Waals surface area contributed by atoms with E-state index in [9.17, 15) is 0 Å². The molecule has 1 saturated heterocycles. The molecule has 144 valence electrons. The van der Waals surface area contributed by atoms with Gasteiger partial charge >= 0.3 is 0 Å². The zero-order chi connectivity index (χ0) is 18.2. The van der Waals surface area contributed by atoms with Crippen molar-refractivity contribution in [2.75, 3.05) is 39.5 Å². The Hall–Kier alpha value is -1.95. The Balaban J connectivity index is 1.48. The van der Waals surface area contributed by atoms with E-state index in [0.717, 1.165) is 42.0 Å². The van der Waals surface area contributed by atoms with Crippen molar-refractivity contribution < 1.29 is 9.47 Å². The smallest absolute Gasteiger partial charge is 0.231 e. The summed E-state index contributed by atoms with van der Waals surface area (Å²) in [6.45, 7) is 10.8. The number of nitrogens with one attached hydrogen (secondary N) is 2. The molecule has 2 N–H and O–H groups in total. The molecule has 0 aliphatic carbocycles. The molecule has 0 bridgehead atoms. The number of aliphatic imine (C=N–C) groups is 1. The molecule has 3 rings (SSSR count). The molecule has 1 fully saturated rings. The van der Waals surface area contributed by atoms with Crippen LogP contribution < -0.4 is 20.1 Å². The number of fused-ring (bicyclic) bond motifs is 1. The SMILES string of the molecule is CCCN1CCC(CNC(=NCc2ccc3c(c2)OCO3)NCC)CC1. The van der Waals surface area contributed by atoms with Crippen LogP contribution in [-0.4, -0.2) is 50.4 Å². The third-order valence-corrected chi connectivity index (χ3v) is 5.01. The molecule has 0 radical (unpaired) electrons. The molecule has 1 aromatic rings. The molecule has 0 saturated carbocycles. The van der Waals surface area contributed by atoms with Gasteiger partial charge in [0.25, 0.3) is 0 Å². The summed E-state index contributed by atoms with van der Waals surface area (Å²) in [6, 6.07) is 6.01. The molecule has 2 heterocycles. The van der Waals surface area contributed by atoms with Gasteiger partial charge in [0.05, 0.1) is 6.54 Å². The maximum atomic E-state index is 5.44. The maximum Gasteiger partial charge on any atom is 0.231 e. The van der Waals surface area contributed by atoms with Gasteiger partial charge in [-0.1, -0.05) is 13.0 Å². The van der Waals surface area contributed by atoms with Crippen molar-refractivity contribution >= 4 is 5.96 Å². The zero-order valence-electron chi connectivity index (χ0n) is 16.1. The first-order valence-corrected chi connectivity index (χ1v) is 9.91. The Kier molecular flexibility index (Phi) is 7.00. The van der Waals surface area contributed by atoms with Gasteiger partial charge in [-0.05, 0) is 69.4 Å². The van der Waals surface area contributed by atoms with Crippen molar-refractivity contribution in [3.8, 4) is 11.5 Å². The highest BCUT2D eigenvalue weighted by Crippen LogP contribution is 2.32. The number of benzene rings is 1. The lowest BCUT2D eigenvalue weighted by atomic mass is 9.97. The highest BCUT2D eigenvalue weighted by molar-refractivity contribution is 5.79. The van der Waals surface area contributed by atoms with Crippen molar-refractivity contribution in [3.63, 3.8) is 0 Å². The van der Waals surface area contributed by atoms with E-state index >= 15 is 0 Å². The van der Waals surface area contributed by atoms with E-state index in [1.54, 1.807) is 0 Å². The van der Waals surface area contributed by atoms with Crippen molar-refractivity contribution in [2.24, 2.45) is 10.9 Å². The minimum Gasteiger partial charge on any atom is -0.454 e. The van der Waals surface area contributed by atoms with E-state index in [-0.39, 0.29) is 0 Å². The molecular formula is C20H32N4O2. The number of guanidine groups is 1. The van der Waals surface area contributed by atoms with E-state index in [4.69, 9.17) is 14.5 Å². The van der Waals surface area contributed by atoms with E-state index in [1.807, 2.05) is 18.2 Å². The van der Waals surface area contributed by atoms with E-state index in [1.165, 1.54) is 38.9 Å². The van der Waals surface area contributed by atoms with Crippen LogP contribution in [0.25, 0.3) is 0 Å². The van der Waals surface area contributed by atoms with Crippen molar-refractivity contribution in [2.45, 2.75) is 39.7 Å². The third kappa shape index (κ3) is 5.27. The van der Waals surface area contributed by atoms with Gasteiger partial charge in [-0.2, -0.15) is 0 Å². The first-order valence-electron chi connectivity index (χ1n) is 9.91. The Morgan fingerprint density at radius 1 is 1.15 bits per heavy atom. The van der Waals surface area contributed by atoms with Gasteiger partial charge in [-0.15, -0.1) is 0 Å². The van der Waals surface area contributed by atoms with Crippen molar-refractivity contribution in [3.05, 3.63) is 23.8 Å². The molecule has 2 aliphatic heterocycles. The first-order chi connectivity index (χ1) is 12.8. The first kappa shape index (κ1) is 18.8. The summed E-state index contributed by atoms with van der Waals surface area (Å²) in [5, 5.41) is 6.87. The van der Waals surface area contributed by atoms with Crippen LogP contribution in [0, 0.1) is 5.92 Å². The predicted molar refractivity (Wildman–Crippen MR) is 105 cm³/mol. The van der Waals surface area contributed by atoms with E-state index < -0.39 is 0 Å². The molecule has 0 unspecified atom stereocenters. The standard InChI is InChI=1S/C20H32N4O2/c1-3-9-24-10-7-16(8-11-24)13-22-20(21-4-2)23-14-17-5-6-18-19(12-17)26-15-25-18/h5-6,12,16H,3-4,7-11,13-15H2,1-2H3,(H2,21,22,23). The summed E-state index contributed by atoms with van der Waals surface area (Å²) >= 11 is 0.